The first-order chi connectivity index (χ1) is 16.0. The van der Waals surface area contributed by atoms with Crippen LogP contribution in [0.2, 0.25) is 0 Å². The van der Waals surface area contributed by atoms with Crippen LogP contribution in [0.3, 0.4) is 0 Å². The largest absolute Gasteiger partial charge is 0.0918 e. The highest BCUT2D eigenvalue weighted by Crippen LogP contribution is 2.32. The van der Waals surface area contributed by atoms with E-state index in [2.05, 4.69) is 143 Å². The molecule has 3 aromatic rings. The van der Waals surface area contributed by atoms with Crippen LogP contribution in [-0.4, -0.2) is 0 Å². The van der Waals surface area contributed by atoms with Gasteiger partial charge in [0.05, 0.1) is 0 Å². The van der Waals surface area contributed by atoms with Crippen LogP contribution in [0.25, 0.3) is 5.57 Å². The van der Waals surface area contributed by atoms with Gasteiger partial charge in [-0.1, -0.05) is 139 Å². The first-order valence-corrected chi connectivity index (χ1v) is 11.6. The van der Waals surface area contributed by atoms with Gasteiger partial charge in [-0.25, -0.2) is 0 Å². The molecule has 0 nitrogen and oxygen atoms in total. The molecule has 0 saturated heterocycles. The third-order valence-corrected chi connectivity index (χ3v) is 6.25. The molecule has 1 unspecified atom stereocenters. The van der Waals surface area contributed by atoms with Crippen molar-refractivity contribution in [3.8, 4) is 0 Å². The van der Waals surface area contributed by atoms with Crippen molar-refractivity contribution in [3.63, 3.8) is 0 Å². The Hall–Kier alpha value is -3.64. The lowest BCUT2D eigenvalue weighted by Crippen LogP contribution is -2.08. The summed E-state index contributed by atoms with van der Waals surface area (Å²) in [6.07, 6.45) is 15.6. The van der Waals surface area contributed by atoms with Gasteiger partial charge in [0.2, 0.25) is 0 Å². The molecule has 0 radical (unpaired) electrons. The molecule has 0 spiro atoms. The lowest BCUT2D eigenvalue weighted by Gasteiger charge is -2.22. The molecule has 0 amide bonds. The van der Waals surface area contributed by atoms with Gasteiger partial charge < -0.3 is 0 Å². The lowest BCUT2D eigenvalue weighted by atomic mass is 9.82. The molecule has 0 heterocycles. The summed E-state index contributed by atoms with van der Waals surface area (Å²) in [4.78, 5) is 0. The molecule has 1 atom stereocenters. The van der Waals surface area contributed by atoms with Gasteiger partial charge in [0, 0.05) is 11.8 Å². The summed E-state index contributed by atoms with van der Waals surface area (Å²) < 4.78 is 0. The van der Waals surface area contributed by atoms with Crippen molar-refractivity contribution in [2.45, 2.75) is 26.7 Å². The second-order valence-corrected chi connectivity index (χ2v) is 9.00. The zero-order valence-corrected chi connectivity index (χ0v) is 19.8. The quantitative estimate of drug-likeness (QED) is 0.344. The van der Waals surface area contributed by atoms with Crippen LogP contribution in [0, 0.1) is 26.7 Å². The number of hydrogen-bond donors (Lipinski definition) is 0. The minimum Gasteiger partial charge on any atom is -0.0918 e. The zero-order valence-electron chi connectivity index (χ0n) is 19.8. The van der Waals surface area contributed by atoms with Gasteiger partial charge in [-0.15, -0.1) is 0 Å². The molecule has 1 aliphatic rings. The molecular weight excluding hydrogens is 396 g/mol. The van der Waals surface area contributed by atoms with E-state index in [-0.39, 0.29) is 5.92 Å². The summed E-state index contributed by atoms with van der Waals surface area (Å²) in [5.41, 5.74) is 9.90. The average Bonchev–Trinajstić information content (AvgIpc) is 2.82. The Morgan fingerprint density at radius 3 is 1.64 bits per heavy atom. The smallest absolute Gasteiger partial charge is 0.0119 e. The minimum absolute atomic E-state index is 0.264. The lowest BCUT2D eigenvalue weighted by molar-refractivity contribution is 0.702. The maximum absolute atomic E-state index is 4.06. The summed E-state index contributed by atoms with van der Waals surface area (Å²) in [6.45, 7) is 10.5. The predicted molar refractivity (Wildman–Crippen MR) is 143 cm³/mol. The van der Waals surface area contributed by atoms with Gasteiger partial charge in [0.15, 0.2) is 0 Å². The van der Waals surface area contributed by atoms with Crippen LogP contribution in [0.5, 0.6) is 0 Å². The van der Waals surface area contributed by atoms with Crippen molar-refractivity contribution in [2.24, 2.45) is 5.92 Å². The van der Waals surface area contributed by atoms with Gasteiger partial charge in [-0.05, 0) is 48.6 Å². The molecule has 33 heavy (non-hydrogen) atoms. The molecular formula is C33H32. The highest BCUT2D eigenvalue weighted by molar-refractivity contribution is 5.81. The highest BCUT2D eigenvalue weighted by Gasteiger charge is 2.18. The summed E-state index contributed by atoms with van der Waals surface area (Å²) in [5, 5.41) is 0. The van der Waals surface area contributed by atoms with E-state index in [9.17, 15) is 0 Å². The molecule has 0 aliphatic heterocycles. The maximum atomic E-state index is 4.06. The standard InChI is InChI=1S/C33H32/c1-24-8-16-28(17-9-24)32(29-18-10-25(2)11-19-29)6-5-7-33(30-20-12-26(3)13-21-30)31-22-14-27(4)15-23-31/h5-23,28,32H,1H2,2-4H3. The summed E-state index contributed by atoms with van der Waals surface area (Å²) in [6, 6.07) is 26.5. The Balaban J connectivity index is 1.72. The van der Waals surface area contributed by atoms with Crippen molar-refractivity contribution >= 4 is 5.57 Å². The van der Waals surface area contributed by atoms with Gasteiger partial charge in [-0.2, -0.15) is 0 Å². The molecule has 0 bridgehead atoms. The summed E-state index contributed by atoms with van der Waals surface area (Å²) in [5.74, 6) is 0.574. The molecule has 0 heteroatoms. The molecule has 3 aromatic carbocycles. The molecule has 164 valence electrons. The van der Waals surface area contributed by atoms with Crippen molar-refractivity contribution < 1.29 is 0 Å². The van der Waals surface area contributed by atoms with E-state index < -0.39 is 0 Å². The van der Waals surface area contributed by atoms with E-state index in [1.165, 1.54) is 39.0 Å². The van der Waals surface area contributed by atoms with Crippen molar-refractivity contribution in [1.82, 2.24) is 0 Å². The first-order valence-electron chi connectivity index (χ1n) is 11.6. The van der Waals surface area contributed by atoms with Crippen molar-refractivity contribution in [1.29, 1.82) is 0 Å². The highest BCUT2D eigenvalue weighted by atomic mass is 14.2. The van der Waals surface area contributed by atoms with E-state index >= 15 is 0 Å². The Bertz CT molecular complexity index is 1150. The third kappa shape index (κ3) is 5.79. The van der Waals surface area contributed by atoms with Gasteiger partial charge >= 0.3 is 0 Å². The molecule has 0 N–H and O–H groups in total. The van der Waals surface area contributed by atoms with E-state index in [0.717, 1.165) is 5.57 Å². The van der Waals surface area contributed by atoms with Crippen LogP contribution in [0.4, 0.5) is 0 Å². The van der Waals surface area contributed by atoms with Gasteiger partial charge in [0.25, 0.3) is 0 Å². The normalized spacial score (nSPS) is 14.6. The second kappa shape index (κ2) is 10.3. The van der Waals surface area contributed by atoms with Crippen LogP contribution in [0.15, 0.2) is 127 Å². The Morgan fingerprint density at radius 1 is 0.697 bits per heavy atom. The Labute approximate surface area is 199 Å². The number of hydrogen-bond acceptors (Lipinski definition) is 0. The average molecular weight is 429 g/mol. The number of rotatable bonds is 6. The van der Waals surface area contributed by atoms with Crippen molar-refractivity contribution in [2.75, 3.05) is 0 Å². The Kier molecular flexibility index (Phi) is 7.05. The first kappa shape index (κ1) is 22.6. The van der Waals surface area contributed by atoms with Crippen LogP contribution in [-0.2, 0) is 0 Å². The molecule has 4 rings (SSSR count). The fourth-order valence-corrected chi connectivity index (χ4v) is 4.18. The van der Waals surface area contributed by atoms with Gasteiger partial charge in [0.1, 0.15) is 0 Å². The number of allylic oxidation sites excluding steroid dienone is 8. The maximum Gasteiger partial charge on any atom is 0.0119 e. The second-order valence-electron chi connectivity index (χ2n) is 9.00. The number of benzene rings is 3. The van der Waals surface area contributed by atoms with Gasteiger partial charge in [-0.3, -0.25) is 0 Å². The van der Waals surface area contributed by atoms with Crippen molar-refractivity contribution in [3.05, 3.63) is 161 Å². The minimum atomic E-state index is 0.264. The van der Waals surface area contributed by atoms with Crippen LogP contribution in [0.1, 0.15) is 39.3 Å². The zero-order chi connectivity index (χ0) is 23.2. The summed E-state index contributed by atoms with van der Waals surface area (Å²) >= 11 is 0. The fourth-order valence-electron chi connectivity index (χ4n) is 4.18. The van der Waals surface area contributed by atoms with E-state index in [0.29, 0.717) is 5.92 Å². The van der Waals surface area contributed by atoms with Crippen LogP contribution < -0.4 is 0 Å². The molecule has 0 saturated carbocycles. The molecule has 0 aromatic heterocycles. The third-order valence-electron chi connectivity index (χ3n) is 6.25. The van der Waals surface area contributed by atoms with E-state index in [1.54, 1.807) is 0 Å². The number of aryl methyl sites for hydroxylation is 3. The topological polar surface area (TPSA) is 0 Å². The fraction of sp³-hybridized carbons (Fsp3) is 0.152. The predicted octanol–water partition coefficient (Wildman–Crippen LogP) is 8.68. The van der Waals surface area contributed by atoms with Crippen LogP contribution >= 0.6 is 0 Å². The Morgan fingerprint density at radius 2 is 1.15 bits per heavy atom. The molecule has 1 aliphatic carbocycles. The summed E-state index contributed by atoms with van der Waals surface area (Å²) in [7, 11) is 0. The molecule has 0 fully saturated rings. The SMILES string of the molecule is C=C1C=CC(C(C=CC=C(c2ccc(C)cc2)c2ccc(C)cc2)c2ccc(C)cc2)C=C1. The van der Waals surface area contributed by atoms with E-state index in [4.69, 9.17) is 0 Å². The van der Waals surface area contributed by atoms with E-state index in [1.807, 2.05) is 0 Å². The monoisotopic (exact) mass is 428 g/mol.